The fourth-order valence-corrected chi connectivity index (χ4v) is 6.60. The first-order chi connectivity index (χ1) is 18.6. The van der Waals surface area contributed by atoms with Crippen molar-refractivity contribution in [2.75, 3.05) is 11.9 Å². The van der Waals surface area contributed by atoms with E-state index in [9.17, 15) is 14.4 Å². The van der Waals surface area contributed by atoms with Gasteiger partial charge in [0.1, 0.15) is 0 Å². The van der Waals surface area contributed by atoms with Gasteiger partial charge in [-0.15, -0.1) is 5.10 Å². The number of pyridine rings is 1. The Morgan fingerprint density at radius 1 is 0.947 bits per heavy atom. The minimum Gasteiger partial charge on any atom is -0.335 e. The molecule has 5 rings (SSSR count). The highest BCUT2D eigenvalue weighted by Gasteiger charge is 2.36. The van der Waals surface area contributed by atoms with Crippen LogP contribution >= 0.6 is 11.5 Å². The third kappa shape index (κ3) is 6.14. The molecule has 3 heterocycles. The summed E-state index contributed by atoms with van der Waals surface area (Å²) < 4.78 is 3.99. The van der Waals surface area contributed by atoms with E-state index in [1.807, 2.05) is 12.1 Å². The summed E-state index contributed by atoms with van der Waals surface area (Å²) in [7, 11) is 0. The molecule has 11 heteroatoms. The van der Waals surface area contributed by atoms with Crippen LogP contribution in [0.3, 0.4) is 0 Å². The normalized spacial score (nSPS) is 21.1. The summed E-state index contributed by atoms with van der Waals surface area (Å²) in [6, 6.07) is 3.04. The number of carbonyl (C=O) groups is 3. The predicted octanol–water partition coefficient (Wildman–Crippen LogP) is 5.51. The van der Waals surface area contributed by atoms with Gasteiger partial charge in [0.2, 0.25) is 0 Å². The van der Waals surface area contributed by atoms with Crippen molar-refractivity contribution in [1.29, 1.82) is 0 Å². The van der Waals surface area contributed by atoms with Crippen molar-refractivity contribution in [2.45, 2.75) is 102 Å². The molecule has 1 aliphatic heterocycles. The number of aromatic nitrogens is 3. The number of nitrogens with zero attached hydrogens (tertiary/aromatic N) is 5. The Bertz CT molecular complexity index is 1100. The topological polar surface area (TPSA) is 120 Å². The average molecular weight is 540 g/mol. The molecule has 2 N–H and O–H groups in total. The van der Waals surface area contributed by atoms with E-state index in [1.54, 1.807) is 17.3 Å². The van der Waals surface area contributed by atoms with E-state index in [0.717, 1.165) is 94.1 Å². The van der Waals surface area contributed by atoms with E-state index < -0.39 is 5.91 Å². The zero-order valence-electron chi connectivity index (χ0n) is 21.8. The predicted molar refractivity (Wildman–Crippen MR) is 145 cm³/mol. The largest absolute Gasteiger partial charge is 0.335 e. The Labute approximate surface area is 227 Å². The number of imide groups is 1. The van der Waals surface area contributed by atoms with Gasteiger partial charge in [-0.05, 0) is 56.6 Å². The van der Waals surface area contributed by atoms with Crippen molar-refractivity contribution in [2.24, 2.45) is 0 Å². The monoisotopic (exact) mass is 539 g/mol. The molecule has 5 amide bonds. The Balaban J connectivity index is 1.33. The minimum atomic E-state index is -0.489. The number of piperidine rings is 1. The highest BCUT2D eigenvalue weighted by Crippen LogP contribution is 2.32. The molecule has 0 spiro atoms. The summed E-state index contributed by atoms with van der Waals surface area (Å²) in [5.41, 5.74) is 1.02. The Kier molecular flexibility index (Phi) is 8.83. The van der Waals surface area contributed by atoms with Crippen molar-refractivity contribution < 1.29 is 14.4 Å². The summed E-state index contributed by atoms with van der Waals surface area (Å²) in [5.74, 6) is -0.489. The molecule has 2 aromatic heterocycles. The van der Waals surface area contributed by atoms with Gasteiger partial charge in [-0.2, -0.15) is 0 Å². The van der Waals surface area contributed by atoms with Gasteiger partial charge in [-0.3, -0.25) is 20.0 Å². The maximum absolute atomic E-state index is 13.8. The molecule has 0 bridgehead atoms. The molecular formula is C27H37N7O3S. The van der Waals surface area contributed by atoms with Gasteiger partial charge >= 0.3 is 12.1 Å². The van der Waals surface area contributed by atoms with Crippen LogP contribution in [0.1, 0.15) is 106 Å². The Morgan fingerprint density at radius 2 is 1.68 bits per heavy atom. The molecule has 3 fully saturated rings. The first kappa shape index (κ1) is 26.5. The molecule has 204 valence electrons. The van der Waals surface area contributed by atoms with E-state index in [4.69, 9.17) is 0 Å². The second-order valence-corrected chi connectivity index (χ2v) is 11.4. The van der Waals surface area contributed by atoms with Gasteiger partial charge in [0.25, 0.3) is 5.91 Å². The summed E-state index contributed by atoms with van der Waals surface area (Å²) in [6.07, 6.45) is 16.2. The smallest absolute Gasteiger partial charge is 0.324 e. The molecule has 2 aliphatic carbocycles. The van der Waals surface area contributed by atoms with Crippen molar-refractivity contribution in [1.82, 2.24) is 29.7 Å². The van der Waals surface area contributed by atoms with Gasteiger partial charge in [-0.1, -0.05) is 49.1 Å². The van der Waals surface area contributed by atoms with Gasteiger partial charge in [-0.25, -0.2) is 9.59 Å². The van der Waals surface area contributed by atoms with Crippen molar-refractivity contribution in [3.8, 4) is 0 Å². The summed E-state index contributed by atoms with van der Waals surface area (Å²) in [5, 5.41) is 10.4. The van der Waals surface area contributed by atoms with Crippen molar-refractivity contribution in [3.05, 3.63) is 35.8 Å². The number of rotatable bonds is 5. The molecule has 0 radical (unpaired) electrons. The first-order valence-electron chi connectivity index (χ1n) is 14.1. The number of anilines is 1. The molecule has 0 aromatic carbocycles. The quantitative estimate of drug-likeness (QED) is 0.517. The van der Waals surface area contributed by atoms with Crippen LogP contribution in [0, 0.1) is 0 Å². The summed E-state index contributed by atoms with van der Waals surface area (Å²) in [6.45, 7) is 0.610. The van der Waals surface area contributed by atoms with Crippen molar-refractivity contribution in [3.63, 3.8) is 0 Å². The Morgan fingerprint density at radius 3 is 2.42 bits per heavy atom. The standard InChI is InChI=1S/C27H37N7O3S/c35-25(34(21-13-5-2-6-14-21)27(37)29-20-11-3-1-4-12-20)23-24(38-32-31-23)30-26(36)33-17-8-7-15-22(33)19-10-9-16-28-18-19/h9-10,16,18,20-22H,1-8,11-15,17H2,(H,29,37)(H,30,36). The lowest BCUT2D eigenvalue weighted by Crippen LogP contribution is -2.53. The van der Waals surface area contributed by atoms with Crippen LogP contribution in [0.25, 0.3) is 0 Å². The third-order valence-corrected chi connectivity index (χ3v) is 8.70. The van der Waals surface area contributed by atoms with E-state index in [-0.39, 0.29) is 40.9 Å². The van der Waals surface area contributed by atoms with E-state index in [2.05, 4.69) is 25.2 Å². The van der Waals surface area contributed by atoms with Gasteiger partial charge in [0.15, 0.2) is 10.7 Å². The van der Waals surface area contributed by atoms with Crippen LogP contribution in [-0.4, -0.2) is 61.0 Å². The highest BCUT2D eigenvalue weighted by molar-refractivity contribution is 7.10. The average Bonchev–Trinajstić information content (AvgIpc) is 3.43. The number of nitrogens with one attached hydrogen (secondary N) is 2. The second-order valence-electron chi connectivity index (χ2n) is 10.6. The highest BCUT2D eigenvalue weighted by atomic mass is 32.1. The second kappa shape index (κ2) is 12.6. The van der Waals surface area contributed by atoms with Crippen LogP contribution in [0.2, 0.25) is 0 Å². The number of amides is 5. The molecule has 2 saturated carbocycles. The zero-order chi connectivity index (χ0) is 26.3. The van der Waals surface area contributed by atoms with Gasteiger partial charge in [0.05, 0.1) is 6.04 Å². The summed E-state index contributed by atoms with van der Waals surface area (Å²) >= 11 is 0.967. The molecule has 3 aliphatic rings. The number of hydrogen-bond donors (Lipinski definition) is 2. The summed E-state index contributed by atoms with van der Waals surface area (Å²) in [4.78, 5) is 48.1. The van der Waals surface area contributed by atoms with E-state index in [1.165, 1.54) is 11.3 Å². The van der Waals surface area contributed by atoms with Crippen LogP contribution < -0.4 is 10.6 Å². The van der Waals surface area contributed by atoms with Crippen LogP contribution in [0.4, 0.5) is 14.6 Å². The number of carbonyl (C=O) groups excluding carboxylic acids is 3. The lowest BCUT2D eigenvalue weighted by molar-refractivity contribution is 0.0697. The lowest BCUT2D eigenvalue weighted by Gasteiger charge is -2.36. The van der Waals surface area contributed by atoms with E-state index >= 15 is 0 Å². The first-order valence-corrected chi connectivity index (χ1v) is 14.8. The number of hydrogen-bond acceptors (Lipinski definition) is 7. The number of likely N-dealkylation sites (tertiary alicyclic amines) is 1. The van der Waals surface area contributed by atoms with Gasteiger partial charge < -0.3 is 10.2 Å². The van der Waals surface area contributed by atoms with Gasteiger partial charge in [0, 0.05) is 42.6 Å². The zero-order valence-corrected chi connectivity index (χ0v) is 22.6. The molecule has 38 heavy (non-hydrogen) atoms. The number of urea groups is 2. The SMILES string of the molecule is O=C(Nc1snnc1C(=O)N(C(=O)NC1CCCCC1)C1CCCCC1)N1CCCCC1c1cccnc1. The molecule has 1 atom stereocenters. The van der Waals surface area contributed by atoms with Crippen LogP contribution in [0.5, 0.6) is 0 Å². The minimum absolute atomic E-state index is 0.0302. The maximum Gasteiger partial charge on any atom is 0.324 e. The van der Waals surface area contributed by atoms with Crippen LogP contribution in [-0.2, 0) is 0 Å². The van der Waals surface area contributed by atoms with E-state index in [0.29, 0.717) is 6.54 Å². The molecular weight excluding hydrogens is 502 g/mol. The molecule has 10 nitrogen and oxygen atoms in total. The fraction of sp³-hybridized carbons (Fsp3) is 0.630. The molecule has 1 unspecified atom stereocenters. The molecule has 1 saturated heterocycles. The van der Waals surface area contributed by atoms with Crippen LogP contribution in [0.15, 0.2) is 24.5 Å². The third-order valence-electron chi connectivity index (χ3n) is 8.05. The van der Waals surface area contributed by atoms with Crippen molar-refractivity contribution >= 4 is 34.5 Å². The lowest BCUT2D eigenvalue weighted by atomic mass is 9.93. The fourth-order valence-electron chi connectivity index (χ4n) is 6.04. The molecule has 2 aromatic rings. The maximum atomic E-state index is 13.8. The Hall–Kier alpha value is -3.08.